The molecule has 5 atom stereocenters. The minimum Gasteiger partial charge on any atom is -0.389 e. The van der Waals surface area contributed by atoms with Crippen LogP contribution in [0.1, 0.15) is 113 Å². The first-order valence-electron chi connectivity index (χ1n) is 12.9. The van der Waals surface area contributed by atoms with Gasteiger partial charge in [-0.15, -0.1) is 5.73 Å². The third kappa shape index (κ3) is 5.16. The highest BCUT2D eigenvalue weighted by atomic mass is 16.3. The molecule has 1 nitrogen and oxygen atoms in total. The third-order valence-electron chi connectivity index (χ3n) is 8.97. The number of rotatable bonds is 6. The number of aliphatic hydroxyl groups excluding tert-OH is 1. The molecule has 0 aliphatic heterocycles. The molecule has 1 heteroatoms. The molecule has 170 valence electrons. The van der Waals surface area contributed by atoms with E-state index in [1.807, 2.05) is 0 Å². The largest absolute Gasteiger partial charge is 0.389 e. The lowest BCUT2D eigenvalue weighted by atomic mass is 9.61. The van der Waals surface area contributed by atoms with Crippen molar-refractivity contribution in [3.63, 3.8) is 0 Å². The van der Waals surface area contributed by atoms with Gasteiger partial charge in [-0.2, -0.15) is 0 Å². The number of aliphatic hydroxyl groups is 1. The van der Waals surface area contributed by atoms with E-state index >= 15 is 0 Å². The molecule has 0 aromatic rings. The van der Waals surface area contributed by atoms with Gasteiger partial charge < -0.3 is 5.11 Å². The molecular formula is C29H48O. The summed E-state index contributed by atoms with van der Waals surface area (Å²) in [7, 11) is 0. The number of allylic oxidation sites excluding steroid dienone is 2. The molecule has 3 aliphatic carbocycles. The summed E-state index contributed by atoms with van der Waals surface area (Å²) in [6, 6.07) is 0. The number of hydrogen-bond donors (Lipinski definition) is 1. The Kier molecular flexibility index (Phi) is 7.46. The molecule has 3 aliphatic rings. The molecule has 0 spiro atoms. The maximum atomic E-state index is 10.5. The Balaban J connectivity index is 1.78. The zero-order valence-corrected chi connectivity index (χ0v) is 21.0. The van der Waals surface area contributed by atoms with E-state index in [1.54, 1.807) is 5.57 Å². The number of hydrogen-bond acceptors (Lipinski definition) is 1. The lowest BCUT2D eigenvalue weighted by Crippen LogP contribution is -2.35. The zero-order chi connectivity index (χ0) is 22.1. The first-order chi connectivity index (χ1) is 14.0. The summed E-state index contributed by atoms with van der Waals surface area (Å²) in [6.07, 6.45) is 14.8. The van der Waals surface area contributed by atoms with Crippen molar-refractivity contribution in [1.82, 2.24) is 0 Å². The normalized spacial score (nSPS) is 34.7. The Morgan fingerprint density at radius 3 is 2.57 bits per heavy atom. The van der Waals surface area contributed by atoms with Gasteiger partial charge in [-0.3, -0.25) is 0 Å². The molecule has 3 rings (SSSR count). The van der Waals surface area contributed by atoms with Gasteiger partial charge in [0.05, 0.1) is 6.10 Å². The topological polar surface area (TPSA) is 20.2 Å². The fraction of sp³-hybridized carbons (Fsp3) is 0.828. The van der Waals surface area contributed by atoms with Gasteiger partial charge in [-0.1, -0.05) is 60.8 Å². The lowest BCUT2D eigenvalue weighted by molar-refractivity contribution is 0.0930. The Morgan fingerprint density at radius 2 is 1.87 bits per heavy atom. The van der Waals surface area contributed by atoms with Crippen LogP contribution in [0.3, 0.4) is 0 Å². The minimum absolute atomic E-state index is 0.183. The van der Waals surface area contributed by atoms with Gasteiger partial charge >= 0.3 is 0 Å². The van der Waals surface area contributed by atoms with Crippen LogP contribution in [-0.2, 0) is 0 Å². The second kappa shape index (κ2) is 9.38. The second-order valence-corrected chi connectivity index (χ2v) is 12.5. The standard InChI is InChI=1S/C29H48O/c1-20(2)10-8-11-21(3)25-15-16-26-23(12-9-17-29(25,26)7)13-14-24-18-28(5,6)19-27(30)22(24)4/h14,20-21,25-27,30H,8-12,15-19H2,1-7H3/t13?,21-,25-,26+,27+,29-/m1/s1. The summed E-state index contributed by atoms with van der Waals surface area (Å²) < 4.78 is 0. The van der Waals surface area contributed by atoms with Gasteiger partial charge in [-0.05, 0) is 109 Å². The monoisotopic (exact) mass is 412 g/mol. The minimum atomic E-state index is -0.286. The highest BCUT2D eigenvalue weighted by Crippen LogP contribution is 2.59. The van der Waals surface area contributed by atoms with Crippen LogP contribution in [0.5, 0.6) is 0 Å². The molecule has 0 bridgehead atoms. The first kappa shape index (κ1) is 23.9. The molecule has 0 amide bonds. The Morgan fingerprint density at radius 1 is 1.13 bits per heavy atom. The van der Waals surface area contributed by atoms with Crippen LogP contribution in [0.4, 0.5) is 0 Å². The van der Waals surface area contributed by atoms with Crippen LogP contribution >= 0.6 is 0 Å². The van der Waals surface area contributed by atoms with E-state index in [1.165, 1.54) is 62.5 Å². The molecule has 0 saturated heterocycles. The van der Waals surface area contributed by atoms with Crippen molar-refractivity contribution in [3.05, 3.63) is 28.5 Å². The molecule has 0 aromatic heterocycles. The zero-order valence-electron chi connectivity index (χ0n) is 21.0. The van der Waals surface area contributed by atoms with E-state index in [0.29, 0.717) is 5.41 Å². The summed E-state index contributed by atoms with van der Waals surface area (Å²) in [6.45, 7) is 16.5. The maximum Gasteiger partial charge on any atom is 0.0758 e. The Labute approximate surface area is 187 Å². The molecule has 2 fully saturated rings. The highest BCUT2D eigenvalue weighted by molar-refractivity contribution is 5.32. The summed E-state index contributed by atoms with van der Waals surface area (Å²) in [4.78, 5) is 0. The molecule has 0 unspecified atom stereocenters. The van der Waals surface area contributed by atoms with Crippen molar-refractivity contribution in [3.8, 4) is 0 Å². The van der Waals surface area contributed by atoms with E-state index in [9.17, 15) is 5.11 Å². The van der Waals surface area contributed by atoms with Gasteiger partial charge in [0.25, 0.3) is 0 Å². The maximum absolute atomic E-state index is 10.5. The van der Waals surface area contributed by atoms with Gasteiger partial charge in [0, 0.05) is 0 Å². The Hall–Kier alpha value is -0.780. The van der Waals surface area contributed by atoms with Gasteiger partial charge in [-0.25, -0.2) is 0 Å². The fourth-order valence-electron chi connectivity index (χ4n) is 7.15. The predicted octanol–water partition coefficient (Wildman–Crippen LogP) is 8.24. The van der Waals surface area contributed by atoms with Crippen molar-refractivity contribution >= 4 is 0 Å². The molecule has 2 saturated carbocycles. The van der Waals surface area contributed by atoms with Crippen LogP contribution < -0.4 is 0 Å². The summed E-state index contributed by atoms with van der Waals surface area (Å²) >= 11 is 0. The van der Waals surface area contributed by atoms with Crippen molar-refractivity contribution in [2.24, 2.45) is 34.5 Å². The third-order valence-corrected chi connectivity index (χ3v) is 8.97. The number of fused-ring (bicyclic) bond motifs is 1. The SMILES string of the molecule is CC1=C(C=C=C2CCC[C@]3(C)[C@@H]([C@H](C)CCCC(C)C)CC[C@@H]23)CC(C)(C)C[C@@H]1O. The summed E-state index contributed by atoms with van der Waals surface area (Å²) in [5, 5.41) is 10.5. The van der Waals surface area contributed by atoms with Crippen molar-refractivity contribution < 1.29 is 5.11 Å². The van der Waals surface area contributed by atoms with E-state index in [4.69, 9.17) is 0 Å². The molecule has 0 aromatic carbocycles. The Bertz CT molecular complexity index is 702. The lowest BCUT2D eigenvalue weighted by Gasteiger charge is -2.44. The molecule has 0 radical (unpaired) electrons. The summed E-state index contributed by atoms with van der Waals surface area (Å²) in [5.74, 6) is 3.28. The van der Waals surface area contributed by atoms with E-state index in [-0.39, 0.29) is 11.5 Å². The van der Waals surface area contributed by atoms with Crippen LogP contribution in [0.15, 0.2) is 28.5 Å². The van der Waals surface area contributed by atoms with Crippen LogP contribution in [0.2, 0.25) is 0 Å². The predicted molar refractivity (Wildman–Crippen MR) is 129 cm³/mol. The van der Waals surface area contributed by atoms with Crippen LogP contribution in [-0.4, -0.2) is 11.2 Å². The molecule has 1 N–H and O–H groups in total. The van der Waals surface area contributed by atoms with Crippen molar-refractivity contribution in [2.45, 2.75) is 119 Å². The summed E-state index contributed by atoms with van der Waals surface area (Å²) in [5.41, 5.74) is 8.55. The first-order valence-corrected chi connectivity index (χ1v) is 12.9. The van der Waals surface area contributed by atoms with E-state index < -0.39 is 0 Å². The second-order valence-electron chi connectivity index (χ2n) is 12.5. The van der Waals surface area contributed by atoms with E-state index in [0.717, 1.165) is 36.5 Å². The van der Waals surface area contributed by atoms with Gasteiger partial charge in [0.1, 0.15) is 0 Å². The smallest absolute Gasteiger partial charge is 0.0758 e. The van der Waals surface area contributed by atoms with Crippen molar-refractivity contribution in [1.29, 1.82) is 0 Å². The molecule has 0 heterocycles. The molecular weight excluding hydrogens is 364 g/mol. The van der Waals surface area contributed by atoms with Crippen LogP contribution in [0, 0.1) is 34.5 Å². The average Bonchev–Trinajstić information content (AvgIpc) is 3.00. The average molecular weight is 413 g/mol. The highest BCUT2D eigenvalue weighted by Gasteiger charge is 2.50. The quantitative estimate of drug-likeness (QED) is 0.435. The van der Waals surface area contributed by atoms with Gasteiger partial charge in [0.15, 0.2) is 0 Å². The van der Waals surface area contributed by atoms with Crippen molar-refractivity contribution in [2.75, 3.05) is 0 Å². The fourth-order valence-corrected chi connectivity index (χ4v) is 7.15. The van der Waals surface area contributed by atoms with Gasteiger partial charge in [0.2, 0.25) is 0 Å². The van der Waals surface area contributed by atoms with Crippen LogP contribution in [0.25, 0.3) is 0 Å². The molecule has 30 heavy (non-hydrogen) atoms. The van der Waals surface area contributed by atoms with E-state index in [2.05, 4.69) is 60.3 Å².